The fourth-order valence-electron chi connectivity index (χ4n) is 1.58. The molecule has 1 aromatic heterocycles. The van der Waals surface area contributed by atoms with E-state index >= 15 is 0 Å². The first-order chi connectivity index (χ1) is 9.20. The molecule has 0 aliphatic heterocycles. The zero-order valence-corrected chi connectivity index (χ0v) is 10.7. The van der Waals surface area contributed by atoms with Gasteiger partial charge in [0.1, 0.15) is 12.2 Å². The summed E-state index contributed by atoms with van der Waals surface area (Å²) in [6.45, 7) is 0. The maximum absolute atomic E-state index is 12.0. The van der Waals surface area contributed by atoms with E-state index in [0.717, 1.165) is 0 Å². The molecular formula is C14H11ClN2O2. The average Bonchev–Trinajstić information content (AvgIpc) is 2.43. The van der Waals surface area contributed by atoms with Crippen LogP contribution in [0.4, 0.5) is 5.69 Å². The number of rotatable bonds is 4. The second-order valence-corrected chi connectivity index (χ2v) is 4.30. The number of anilines is 1. The zero-order chi connectivity index (χ0) is 13.7. The number of hydrogen-bond acceptors (Lipinski definition) is 3. The molecule has 0 aliphatic carbocycles. The van der Waals surface area contributed by atoms with Crippen molar-refractivity contribution in [2.24, 2.45) is 0 Å². The van der Waals surface area contributed by atoms with Crippen LogP contribution in [0.5, 0.6) is 0 Å². The van der Waals surface area contributed by atoms with Gasteiger partial charge in [-0.15, -0.1) is 0 Å². The minimum atomic E-state index is -0.920. The van der Waals surface area contributed by atoms with Gasteiger partial charge in [0, 0.05) is 16.9 Å². The number of pyridine rings is 1. The molecule has 1 unspecified atom stereocenters. The lowest BCUT2D eigenvalue weighted by atomic mass is 10.1. The van der Waals surface area contributed by atoms with Crippen molar-refractivity contribution in [3.8, 4) is 0 Å². The summed E-state index contributed by atoms with van der Waals surface area (Å²) >= 11 is 5.76. The van der Waals surface area contributed by atoms with Crippen molar-refractivity contribution in [2.75, 3.05) is 5.32 Å². The van der Waals surface area contributed by atoms with Crippen LogP contribution in [0.3, 0.4) is 0 Å². The Hall–Kier alpha value is -2.20. The molecule has 1 N–H and O–H groups in total. The summed E-state index contributed by atoms with van der Waals surface area (Å²) in [6.07, 6.45) is 2.12. The van der Waals surface area contributed by atoms with Gasteiger partial charge in [-0.1, -0.05) is 17.7 Å². The third kappa shape index (κ3) is 3.39. The lowest BCUT2D eigenvalue weighted by molar-refractivity contribution is -0.122. The predicted octanol–water partition coefficient (Wildman–Crippen LogP) is 2.66. The van der Waals surface area contributed by atoms with Crippen molar-refractivity contribution < 1.29 is 9.59 Å². The van der Waals surface area contributed by atoms with Gasteiger partial charge >= 0.3 is 0 Å². The van der Waals surface area contributed by atoms with E-state index in [4.69, 9.17) is 11.6 Å². The number of benzene rings is 1. The lowest BCUT2D eigenvalue weighted by Crippen LogP contribution is -2.22. The lowest BCUT2D eigenvalue weighted by Gasteiger charge is -2.10. The van der Waals surface area contributed by atoms with Gasteiger partial charge < -0.3 is 10.1 Å². The molecule has 5 heteroatoms. The van der Waals surface area contributed by atoms with Gasteiger partial charge in [0.2, 0.25) is 5.91 Å². The molecule has 1 amide bonds. The van der Waals surface area contributed by atoms with Crippen molar-refractivity contribution in [1.29, 1.82) is 0 Å². The summed E-state index contributed by atoms with van der Waals surface area (Å²) in [5, 5.41) is 3.23. The van der Waals surface area contributed by atoms with E-state index in [2.05, 4.69) is 10.3 Å². The topological polar surface area (TPSA) is 59.1 Å². The largest absolute Gasteiger partial charge is 0.325 e. The van der Waals surface area contributed by atoms with Crippen LogP contribution in [-0.4, -0.2) is 17.2 Å². The highest BCUT2D eigenvalue weighted by atomic mass is 35.5. The van der Waals surface area contributed by atoms with Gasteiger partial charge in [-0.25, -0.2) is 0 Å². The first-order valence-corrected chi connectivity index (χ1v) is 6.01. The Morgan fingerprint density at radius 2 is 1.95 bits per heavy atom. The smallest absolute Gasteiger partial charge is 0.240 e. The molecule has 0 saturated carbocycles. The highest BCUT2D eigenvalue weighted by Gasteiger charge is 2.20. The van der Waals surface area contributed by atoms with E-state index in [1.54, 1.807) is 48.7 Å². The number of nitrogens with zero attached hydrogens (tertiary/aromatic N) is 1. The van der Waals surface area contributed by atoms with E-state index in [-0.39, 0.29) is 0 Å². The number of hydrogen-bond donors (Lipinski definition) is 1. The van der Waals surface area contributed by atoms with E-state index < -0.39 is 11.8 Å². The Kier molecular flexibility index (Phi) is 4.26. The molecule has 2 aromatic rings. The maximum atomic E-state index is 12.0. The molecule has 0 radical (unpaired) electrons. The predicted molar refractivity (Wildman–Crippen MR) is 73.1 cm³/mol. The van der Waals surface area contributed by atoms with Crippen molar-refractivity contribution in [3.05, 3.63) is 59.4 Å². The van der Waals surface area contributed by atoms with Crippen LogP contribution in [0.25, 0.3) is 0 Å². The van der Waals surface area contributed by atoms with E-state index in [9.17, 15) is 9.59 Å². The van der Waals surface area contributed by atoms with Gasteiger partial charge in [-0.05, 0) is 36.4 Å². The molecule has 0 spiro atoms. The summed E-state index contributed by atoms with van der Waals surface area (Å²) < 4.78 is 0. The van der Waals surface area contributed by atoms with Crippen molar-refractivity contribution in [1.82, 2.24) is 4.98 Å². The quantitative estimate of drug-likeness (QED) is 0.689. The molecule has 0 bridgehead atoms. The standard InChI is InChI=1S/C14H11ClN2O2/c15-10-4-6-11(7-5-10)17-14(19)12(9-18)13-3-1-2-8-16-13/h1-9,12H,(H,17,19). The minimum absolute atomic E-state index is 0.420. The molecule has 1 aromatic carbocycles. The number of nitrogens with one attached hydrogen (secondary N) is 1. The fraction of sp³-hybridized carbons (Fsp3) is 0.0714. The molecule has 1 heterocycles. The van der Waals surface area contributed by atoms with Crippen LogP contribution < -0.4 is 5.32 Å². The Bertz CT molecular complexity index is 570. The molecule has 4 nitrogen and oxygen atoms in total. The van der Waals surface area contributed by atoms with Crippen molar-refractivity contribution >= 4 is 29.5 Å². The Morgan fingerprint density at radius 1 is 1.21 bits per heavy atom. The average molecular weight is 275 g/mol. The van der Waals surface area contributed by atoms with E-state index in [0.29, 0.717) is 22.7 Å². The number of carbonyl (C=O) groups excluding carboxylic acids is 2. The molecule has 1 atom stereocenters. The summed E-state index contributed by atoms with van der Waals surface area (Å²) in [7, 11) is 0. The third-order valence-electron chi connectivity index (χ3n) is 2.54. The van der Waals surface area contributed by atoms with E-state index in [1.165, 1.54) is 0 Å². The second kappa shape index (κ2) is 6.11. The monoisotopic (exact) mass is 274 g/mol. The number of amides is 1. The number of halogens is 1. The summed E-state index contributed by atoms with van der Waals surface area (Å²) in [4.78, 5) is 27.1. The van der Waals surface area contributed by atoms with Crippen LogP contribution >= 0.6 is 11.6 Å². The molecule has 0 fully saturated rings. The van der Waals surface area contributed by atoms with Gasteiger partial charge in [0.25, 0.3) is 0 Å². The number of aromatic nitrogens is 1. The first kappa shape index (κ1) is 13.2. The minimum Gasteiger partial charge on any atom is -0.325 e. The fourth-order valence-corrected chi connectivity index (χ4v) is 1.70. The van der Waals surface area contributed by atoms with Crippen molar-refractivity contribution in [2.45, 2.75) is 5.92 Å². The second-order valence-electron chi connectivity index (χ2n) is 3.86. The normalized spacial score (nSPS) is 11.6. The molecule has 19 heavy (non-hydrogen) atoms. The van der Waals surface area contributed by atoms with Crippen LogP contribution in [0.1, 0.15) is 11.6 Å². The number of aldehydes is 1. The van der Waals surface area contributed by atoms with Crippen LogP contribution in [0.2, 0.25) is 5.02 Å². The number of carbonyl (C=O) groups is 2. The molecule has 2 rings (SSSR count). The summed E-state index contributed by atoms with van der Waals surface area (Å²) in [5.41, 5.74) is 1.00. The Balaban J connectivity index is 2.14. The van der Waals surface area contributed by atoms with E-state index in [1.807, 2.05) is 0 Å². The molecule has 0 saturated heterocycles. The van der Waals surface area contributed by atoms with Crippen LogP contribution in [-0.2, 0) is 9.59 Å². The van der Waals surface area contributed by atoms with Gasteiger partial charge in [-0.3, -0.25) is 9.78 Å². The molecule has 0 aliphatic rings. The Labute approximate surface area is 115 Å². The molecule has 96 valence electrons. The van der Waals surface area contributed by atoms with Crippen LogP contribution in [0.15, 0.2) is 48.7 Å². The zero-order valence-electron chi connectivity index (χ0n) is 9.92. The SMILES string of the molecule is O=CC(C(=O)Nc1ccc(Cl)cc1)c1ccccn1. The van der Waals surface area contributed by atoms with Gasteiger partial charge in [-0.2, -0.15) is 0 Å². The molecular weight excluding hydrogens is 264 g/mol. The highest BCUT2D eigenvalue weighted by Crippen LogP contribution is 2.17. The summed E-state index contributed by atoms with van der Waals surface area (Å²) in [5.74, 6) is -1.34. The van der Waals surface area contributed by atoms with Gasteiger partial charge in [0.15, 0.2) is 0 Å². The van der Waals surface area contributed by atoms with Gasteiger partial charge in [0.05, 0.1) is 5.69 Å². The maximum Gasteiger partial charge on any atom is 0.240 e. The highest BCUT2D eigenvalue weighted by molar-refractivity contribution is 6.30. The Morgan fingerprint density at radius 3 is 2.53 bits per heavy atom. The third-order valence-corrected chi connectivity index (χ3v) is 2.79. The van der Waals surface area contributed by atoms with Crippen LogP contribution in [0, 0.1) is 0 Å². The first-order valence-electron chi connectivity index (χ1n) is 5.63. The van der Waals surface area contributed by atoms with Crippen molar-refractivity contribution in [3.63, 3.8) is 0 Å². The summed E-state index contributed by atoms with van der Waals surface area (Å²) in [6, 6.07) is 11.8.